The van der Waals surface area contributed by atoms with Gasteiger partial charge >= 0.3 is 0 Å². The number of aromatic nitrogens is 3. The third-order valence-electron chi connectivity index (χ3n) is 8.63. The number of carbonyl (C=O) groups is 2. The Hall–Kier alpha value is -3.94. The van der Waals surface area contributed by atoms with Gasteiger partial charge in [0.15, 0.2) is 0 Å². The minimum absolute atomic E-state index is 0.0383. The number of anilines is 2. The van der Waals surface area contributed by atoms with Crippen molar-refractivity contribution in [3.05, 3.63) is 54.4 Å². The van der Waals surface area contributed by atoms with Crippen LogP contribution in [0.15, 0.2) is 48.8 Å². The van der Waals surface area contributed by atoms with Crippen molar-refractivity contribution in [3.63, 3.8) is 0 Å². The molecule has 2 aromatic heterocycles. The average Bonchev–Trinajstić information content (AvgIpc) is 3.59. The molecule has 8 heteroatoms. The number of likely N-dealkylation sites (tertiary alicyclic amines) is 1. The molecule has 1 unspecified atom stereocenters. The maximum Gasteiger partial charge on any atom is 0.250 e. The predicted octanol–water partition coefficient (Wildman–Crippen LogP) is 5.32. The van der Waals surface area contributed by atoms with E-state index in [0.29, 0.717) is 29.0 Å². The van der Waals surface area contributed by atoms with Gasteiger partial charge in [0, 0.05) is 42.4 Å². The molecule has 6 rings (SSSR count). The van der Waals surface area contributed by atoms with Crippen LogP contribution in [-0.4, -0.2) is 43.8 Å². The van der Waals surface area contributed by atoms with Gasteiger partial charge in [-0.2, -0.15) is 0 Å². The summed E-state index contributed by atoms with van der Waals surface area (Å²) in [7, 11) is 1.99. The topological polar surface area (TPSA) is 106 Å². The van der Waals surface area contributed by atoms with Crippen molar-refractivity contribution in [1.29, 1.82) is 0 Å². The highest BCUT2D eigenvalue weighted by molar-refractivity contribution is 6.05. The van der Waals surface area contributed by atoms with Gasteiger partial charge in [-0.25, -0.2) is 9.97 Å². The Labute approximate surface area is 229 Å². The molecule has 1 aliphatic heterocycles. The molecule has 1 saturated heterocycles. The minimum atomic E-state index is -0.204. The highest BCUT2D eigenvalue weighted by Gasteiger charge is 2.41. The number of nitrogen functional groups attached to an aromatic ring is 1. The summed E-state index contributed by atoms with van der Waals surface area (Å²) in [6, 6.07) is 8.24. The third kappa shape index (κ3) is 4.62. The second-order valence-electron chi connectivity index (χ2n) is 11.3. The maximum atomic E-state index is 13.5. The summed E-state index contributed by atoms with van der Waals surface area (Å²) >= 11 is 0. The van der Waals surface area contributed by atoms with E-state index in [1.807, 2.05) is 31.3 Å². The number of aryl methyl sites for hydroxylation is 1. The lowest BCUT2D eigenvalue weighted by molar-refractivity contribution is -0.137. The first-order chi connectivity index (χ1) is 18.8. The fourth-order valence-corrected chi connectivity index (χ4v) is 6.43. The fourth-order valence-electron chi connectivity index (χ4n) is 6.43. The van der Waals surface area contributed by atoms with Gasteiger partial charge < -0.3 is 20.5 Å². The molecule has 3 N–H and O–H groups in total. The first-order valence-electron chi connectivity index (χ1n) is 14.0. The van der Waals surface area contributed by atoms with Crippen LogP contribution in [0, 0.1) is 11.8 Å². The molecule has 0 radical (unpaired) electrons. The third-order valence-corrected chi connectivity index (χ3v) is 8.63. The molecule has 2 aliphatic carbocycles. The fraction of sp³-hybridized carbons (Fsp3) is 0.419. The minimum Gasteiger partial charge on any atom is -0.383 e. The van der Waals surface area contributed by atoms with Crippen LogP contribution in [0.4, 0.5) is 11.5 Å². The number of allylic oxidation sites excluding steroid dienone is 2. The number of nitrogens with zero attached hydrogens (tertiary/aromatic N) is 4. The monoisotopic (exact) mass is 524 g/mol. The molecule has 8 nitrogen and oxygen atoms in total. The number of fused-ring (bicyclic) bond motifs is 1. The molecule has 1 saturated carbocycles. The molecule has 3 heterocycles. The van der Waals surface area contributed by atoms with E-state index in [-0.39, 0.29) is 11.8 Å². The number of nitrogens with two attached hydrogens (primary N) is 1. The highest BCUT2D eigenvalue weighted by atomic mass is 16.2. The lowest BCUT2D eigenvalue weighted by Gasteiger charge is -2.30. The number of benzene rings is 1. The van der Waals surface area contributed by atoms with Gasteiger partial charge in [0.05, 0.1) is 11.1 Å². The summed E-state index contributed by atoms with van der Waals surface area (Å²) in [5.74, 6) is 1.35. The normalized spacial score (nSPS) is 21.2. The molecule has 2 fully saturated rings. The summed E-state index contributed by atoms with van der Waals surface area (Å²) in [6.07, 6.45) is 10.9. The Bertz CT molecular complexity index is 1500. The van der Waals surface area contributed by atoms with E-state index in [1.54, 1.807) is 6.92 Å². The van der Waals surface area contributed by atoms with E-state index in [1.165, 1.54) is 31.2 Å². The quantitative estimate of drug-likeness (QED) is 0.425. The van der Waals surface area contributed by atoms with Gasteiger partial charge in [-0.3, -0.25) is 9.59 Å². The largest absolute Gasteiger partial charge is 0.383 e. The Balaban J connectivity index is 1.33. The van der Waals surface area contributed by atoms with Crippen LogP contribution in [0.25, 0.3) is 27.9 Å². The second kappa shape index (κ2) is 9.98. The van der Waals surface area contributed by atoms with Crippen molar-refractivity contribution in [3.8, 4) is 11.3 Å². The van der Waals surface area contributed by atoms with Gasteiger partial charge in [-0.05, 0) is 81.1 Å². The molecular weight excluding hydrogens is 488 g/mol. The second-order valence-corrected chi connectivity index (χ2v) is 11.3. The number of hydrogen-bond donors (Lipinski definition) is 2. The number of amides is 2. The molecule has 39 heavy (non-hydrogen) atoms. The Morgan fingerprint density at radius 3 is 2.54 bits per heavy atom. The van der Waals surface area contributed by atoms with Crippen molar-refractivity contribution in [2.45, 2.75) is 57.9 Å². The van der Waals surface area contributed by atoms with Crippen LogP contribution in [0.2, 0.25) is 0 Å². The van der Waals surface area contributed by atoms with Crippen molar-refractivity contribution in [2.75, 3.05) is 17.6 Å². The van der Waals surface area contributed by atoms with Crippen LogP contribution in [0.5, 0.6) is 0 Å². The molecule has 0 spiro atoms. The molecule has 1 aromatic carbocycles. The lowest BCUT2D eigenvalue weighted by Crippen LogP contribution is -2.41. The number of carbonyl (C=O) groups excluding carboxylic acids is 2. The SMILES string of the molecule is C=C(C)C(=O)Nc1ccc(-c2c(C3=CC[C@@H](C(=O)N4CCCC4C4CC4)CC3)c3c(N)ncnc3n2C)cc1. The van der Waals surface area contributed by atoms with E-state index in [2.05, 4.69) is 37.4 Å². The predicted molar refractivity (Wildman–Crippen MR) is 155 cm³/mol. The van der Waals surface area contributed by atoms with Gasteiger partial charge in [0.1, 0.15) is 17.8 Å². The van der Waals surface area contributed by atoms with Crippen molar-refractivity contribution >= 4 is 39.9 Å². The molecule has 2 amide bonds. The maximum absolute atomic E-state index is 13.5. The Kier molecular flexibility index (Phi) is 6.49. The number of rotatable bonds is 6. The molecular formula is C31H36N6O2. The zero-order valence-electron chi connectivity index (χ0n) is 22.7. The molecule has 0 bridgehead atoms. The van der Waals surface area contributed by atoms with Crippen LogP contribution in [0.1, 0.15) is 57.4 Å². The standard InChI is InChI=1S/C31H36N6O2/c1-18(2)30(38)35-23-14-12-21(13-15-23)27-25(26-28(32)33-17-34-29(26)36(27)3)20-8-10-22(11-9-20)31(39)37-16-4-5-24(37)19-6-7-19/h8,12-15,17,19,22,24H,1,4-7,9-11,16H2,2-3H3,(H,35,38)(H2,32,33,34)/t22-,24?/m1/s1. The van der Waals surface area contributed by atoms with Gasteiger partial charge in [0.2, 0.25) is 5.91 Å². The average molecular weight is 525 g/mol. The molecule has 3 aliphatic rings. The smallest absolute Gasteiger partial charge is 0.250 e. The van der Waals surface area contributed by atoms with Crippen LogP contribution >= 0.6 is 0 Å². The summed E-state index contributed by atoms with van der Waals surface area (Å²) in [5.41, 5.74) is 12.6. The van der Waals surface area contributed by atoms with E-state index in [0.717, 1.165) is 66.0 Å². The first-order valence-corrected chi connectivity index (χ1v) is 14.0. The van der Waals surface area contributed by atoms with E-state index < -0.39 is 0 Å². The van der Waals surface area contributed by atoms with E-state index in [9.17, 15) is 9.59 Å². The Morgan fingerprint density at radius 2 is 1.87 bits per heavy atom. The zero-order chi connectivity index (χ0) is 27.3. The number of hydrogen-bond acceptors (Lipinski definition) is 5. The summed E-state index contributed by atoms with van der Waals surface area (Å²) in [5, 5.41) is 3.71. The van der Waals surface area contributed by atoms with Crippen molar-refractivity contribution in [1.82, 2.24) is 19.4 Å². The Morgan fingerprint density at radius 1 is 1.10 bits per heavy atom. The zero-order valence-corrected chi connectivity index (χ0v) is 22.7. The first kappa shape index (κ1) is 25.3. The van der Waals surface area contributed by atoms with Crippen LogP contribution in [0.3, 0.4) is 0 Å². The van der Waals surface area contributed by atoms with E-state index >= 15 is 0 Å². The van der Waals surface area contributed by atoms with Crippen LogP contribution in [-0.2, 0) is 16.6 Å². The number of nitrogens with one attached hydrogen (secondary N) is 1. The summed E-state index contributed by atoms with van der Waals surface area (Å²) in [6.45, 7) is 6.30. The van der Waals surface area contributed by atoms with Crippen LogP contribution < -0.4 is 11.1 Å². The summed E-state index contributed by atoms with van der Waals surface area (Å²) in [4.78, 5) is 36.7. The van der Waals surface area contributed by atoms with Crippen molar-refractivity contribution in [2.24, 2.45) is 18.9 Å². The lowest BCUT2D eigenvalue weighted by atomic mass is 9.84. The van der Waals surface area contributed by atoms with Crippen molar-refractivity contribution < 1.29 is 9.59 Å². The molecule has 3 aromatic rings. The van der Waals surface area contributed by atoms with Gasteiger partial charge in [-0.1, -0.05) is 24.8 Å². The van der Waals surface area contributed by atoms with Gasteiger partial charge in [0.25, 0.3) is 5.91 Å². The molecule has 202 valence electrons. The highest BCUT2D eigenvalue weighted by Crippen LogP contribution is 2.44. The van der Waals surface area contributed by atoms with E-state index in [4.69, 9.17) is 5.73 Å². The summed E-state index contributed by atoms with van der Waals surface area (Å²) < 4.78 is 2.06. The molecule has 2 atom stereocenters. The van der Waals surface area contributed by atoms with Gasteiger partial charge in [-0.15, -0.1) is 0 Å².